The Hall–Kier alpha value is -2.49. The van der Waals surface area contributed by atoms with Gasteiger partial charge in [0, 0.05) is 37.2 Å². The van der Waals surface area contributed by atoms with Gasteiger partial charge in [-0.1, -0.05) is 0 Å². The van der Waals surface area contributed by atoms with E-state index in [2.05, 4.69) is 4.98 Å². The predicted molar refractivity (Wildman–Crippen MR) is 105 cm³/mol. The Morgan fingerprint density at radius 2 is 1.93 bits per heavy atom. The summed E-state index contributed by atoms with van der Waals surface area (Å²) in [5, 5.41) is -0.0274. The van der Waals surface area contributed by atoms with Gasteiger partial charge < -0.3 is 16.4 Å². The van der Waals surface area contributed by atoms with Gasteiger partial charge in [0.25, 0.3) is 5.56 Å². The molecule has 2 aliphatic rings. The largest absolute Gasteiger partial charge is 0.396 e. The van der Waals surface area contributed by atoms with E-state index >= 15 is 4.39 Å². The third-order valence-electron chi connectivity index (χ3n) is 6.08. The first-order chi connectivity index (χ1) is 13.7. The van der Waals surface area contributed by atoms with Crippen LogP contribution in [-0.4, -0.2) is 35.1 Å². The Kier molecular flexibility index (Phi) is 4.84. The quantitative estimate of drug-likeness (QED) is 0.651. The number of hydrogen-bond donors (Lipinski definition) is 3. The molecule has 1 aliphatic heterocycles. The summed E-state index contributed by atoms with van der Waals surface area (Å²) < 4.78 is 42.1. The number of anilines is 2. The van der Waals surface area contributed by atoms with Crippen molar-refractivity contribution in [3.63, 3.8) is 0 Å². The van der Waals surface area contributed by atoms with Crippen LogP contribution in [-0.2, 0) is 0 Å². The molecule has 1 aliphatic carbocycles. The van der Waals surface area contributed by atoms with E-state index in [1.54, 1.807) is 11.8 Å². The van der Waals surface area contributed by atoms with Crippen LogP contribution < -0.4 is 27.6 Å². The van der Waals surface area contributed by atoms with E-state index in [9.17, 15) is 18.4 Å². The number of rotatable bonds is 5. The number of alkyl halides is 2. The zero-order valence-electron chi connectivity index (χ0n) is 16.1. The molecule has 29 heavy (non-hydrogen) atoms. The number of nitrogens with one attached hydrogen (secondary N) is 1. The maximum Gasteiger partial charge on any atom is 0.329 e. The second kappa shape index (κ2) is 7.08. The summed E-state index contributed by atoms with van der Waals surface area (Å²) >= 11 is 0. The number of aryl methyl sites for hydroxylation is 1. The molecule has 1 saturated heterocycles. The number of fused-ring (bicyclic) bond motifs is 1. The molecule has 10 heteroatoms. The highest BCUT2D eigenvalue weighted by molar-refractivity contribution is 5.97. The Balaban J connectivity index is 1.83. The van der Waals surface area contributed by atoms with Crippen molar-refractivity contribution in [2.24, 2.45) is 11.7 Å². The van der Waals surface area contributed by atoms with E-state index in [0.717, 1.165) is 12.8 Å². The van der Waals surface area contributed by atoms with Gasteiger partial charge in [-0.2, -0.15) is 0 Å². The Labute approximate surface area is 164 Å². The molecule has 4 rings (SSSR count). The summed E-state index contributed by atoms with van der Waals surface area (Å²) in [6.45, 7) is 2.40. The van der Waals surface area contributed by atoms with E-state index in [4.69, 9.17) is 11.5 Å². The van der Waals surface area contributed by atoms with Crippen molar-refractivity contribution in [3.05, 3.63) is 32.2 Å². The second-order valence-electron chi connectivity index (χ2n) is 8.07. The van der Waals surface area contributed by atoms with Crippen LogP contribution in [0.4, 0.5) is 24.5 Å². The lowest BCUT2D eigenvalue weighted by atomic mass is 9.97. The van der Waals surface area contributed by atoms with E-state index in [0.29, 0.717) is 30.6 Å². The first-order valence-electron chi connectivity index (χ1n) is 9.75. The number of aromatic nitrogens is 2. The minimum atomic E-state index is -2.49. The number of nitrogens with zero attached hydrogens (tertiary/aromatic N) is 2. The molecule has 1 aromatic heterocycles. The number of aromatic amines is 1. The fourth-order valence-electron chi connectivity index (χ4n) is 4.48. The third-order valence-corrected chi connectivity index (χ3v) is 6.08. The van der Waals surface area contributed by atoms with E-state index < -0.39 is 36.0 Å². The molecule has 158 valence electrons. The number of nitrogens with two attached hydrogens (primary N) is 2. The standard InChI is InChI=1S/C19H24F3N5O2/c1-8-16-13(18(28)25-19(29)27(16)10-2-3-10)15(24)14(22)17(8)26-5-4-9(7-26)11(23)6-12(20)21/h9-12H,2-7,23-24H2,1H3,(H,25,28,29). The summed E-state index contributed by atoms with van der Waals surface area (Å²) in [5.41, 5.74) is 11.3. The second-order valence-corrected chi connectivity index (χ2v) is 8.07. The van der Waals surface area contributed by atoms with Crippen LogP contribution in [0.3, 0.4) is 0 Å². The average Bonchev–Trinajstić information content (AvgIpc) is 3.35. The minimum Gasteiger partial charge on any atom is -0.396 e. The van der Waals surface area contributed by atoms with Crippen molar-refractivity contribution in [2.75, 3.05) is 23.7 Å². The van der Waals surface area contributed by atoms with Crippen LogP contribution in [0, 0.1) is 18.7 Å². The van der Waals surface area contributed by atoms with Crippen LogP contribution >= 0.6 is 0 Å². The lowest BCUT2D eigenvalue weighted by Crippen LogP contribution is -2.35. The van der Waals surface area contributed by atoms with Gasteiger partial charge in [-0.25, -0.2) is 18.0 Å². The fraction of sp³-hybridized carbons (Fsp3) is 0.579. The average molecular weight is 411 g/mol. The maximum absolute atomic E-state index is 15.3. The van der Waals surface area contributed by atoms with Crippen LogP contribution in [0.1, 0.15) is 37.3 Å². The van der Waals surface area contributed by atoms with Gasteiger partial charge in [-0.05, 0) is 32.1 Å². The van der Waals surface area contributed by atoms with Crippen LogP contribution in [0.25, 0.3) is 10.9 Å². The molecule has 2 unspecified atom stereocenters. The molecule has 2 heterocycles. The molecule has 0 bridgehead atoms. The third kappa shape index (κ3) is 3.29. The monoisotopic (exact) mass is 411 g/mol. The van der Waals surface area contributed by atoms with Crippen molar-refractivity contribution in [1.29, 1.82) is 0 Å². The topological polar surface area (TPSA) is 110 Å². The van der Waals surface area contributed by atoms with Crippen molar-refractivity contribution in [2.45, 2.75) is 51.1 Å². The first-order valence-corrected chi connectivity index (χ1v) is 9.75. The Morgan fingerprint density at radius 3 is 2.55 bits per heavy atom. The van der Waals surface area contributed by atoms with E-state index in [1.165, 1.54) is 4.57 Å². The highest BCUT2D eigenvalue weighted by Gasteiger charge is 2.34. The summed E-state index contributed by atoms with van der Waals surface area (Å²) in [5.74, 6) is -0.936. The number of H-pyrrole nitrogens is 1. The normalized spacial score (nSPS) is 20.8. The predicted octanol–water partition coefficient (Wildman–Crippen LogP) is 1.86. The van der Waals surface area contributed by atoms with E-state index in [-0.39, 0.29) is 28.7 Å². The zero-order chi connectivity index (χ0) is 21.0. The van der Waals surface area contributed by atoms with E-state index in [1.807, 2.05) is 0 Å². The molecular formula is C19H24F3N5O2. The molecule has 2 atom stereocenters. The molecule has 0 spiro atoms. The molecule has 7 nitrogen and oxygen atoms in total. The molecule has 2 fully saturated rings. The molecule has 2 aromatic rings. The molecular weight excluding hydrogens is 387 g/mol. The summed E-state index contributed by atoms with van der Waals surface area (Å²) in [6, 6.07) is -0.738. The summed E-state index contributed by atoms with van der Waals surface area (Å²) in [6.07, 6.45) is -0.761. The van der Waals surface area contributed by atoms with Gasteiger partial charge in [0.15, 0.2) is 5.82 Å². The minimum absolute atomic E-state index is 0.0274. The summed E-state index contributed by atoms with van der Waals surface area (Å²) in [4.78, 5) is 28.8. The lowest BCUT2D eigenvalue weighted by Gasteiger charge is -2.26. The first kappa shape index (κ1) is 19.8. The molecule has 5 N–H and O–H groups in total. The van der Waals surface area contributed by atoms with Crippen LogP contribution in [0.15, 0.2) is 9.59 Å². The van der Waals surface area contributed by atoms with Crippen molar-refractivity contribution in [3.8, 4) is 0 Å². The number of nitrogen functional groups attached to an aromatic ring is 1. The van der Waals surface area contributed by atoms with Crippen LogP contribution in [0.5, 0.6) is 0 Å². The van der Waals surface area contributed by atoms with Gasteiger partial charge >= 0.3 is 5.69 Å². The highest BCUT2D eigenvalue weighted by Crippen LogP contribution is 2.41. The summed E-state index contributed by atoms with van der Waals surface area (Å²) in [7, 11) is 0. The lowest BCUT2D eigenvalue weighted by molar-refractivity contribution is 0.120. The van der Waals surface area contributed by atoms with Gasteiger partial charge in [0.05, 0.1) is 22.3 Å². The SMILES string of the molecule is Cc1c(N2CCC(C(N)CC(F)F)C2)c(F)c(N)c2c(=O)[nH]c(=O)n(C3CC3)c12. The number of halogens is 3. The van der Waals surface area contributed by atoms with Crippen molar-refractivity contribution in [1.82, 2.24) is 9.55 Å². The smallest absolute Gasteiger partial charge is 0.329 e. The van der Waals surface area contributed by atoms with Crippen molar-refractivity contribution < 1.29 is 13.2 Å². The molecule has 1 saturated carbocycles. The van der Waals surface area contributed by atoms with Crippen LogP contribution in [0.2, 0.25) is 0 Å². The molecule has 0 amide bonds. The fourth-order valence-corrected chi connectivity index (χ4v) is 4.48. The van der Waals surface area contributed by atoms with Gasteiger partial charge in [0.2, 0.25) is 6.43 Å². The van der Waals surface area contributed by atoms with Gasteiger partial charge in [0.1, 0.15) is 0 Å². The van der Waals surface area contributed by atoms with Gasteiger partial charge in [-0.3, -0.25) is 14.3 Å². The Morgan fingerprint density at radius 1 is 1.24 bits per heavy atom. The Bertz CT molecular complexity index is 1080. The maximum atomic E-state index is 15.3. The molecule has 1 aromatic carbocycles. The highest BCUT2D eigenvalue weighted by atomic mass is 19.3. The van der Waals surface area contributed by atoms with Crippen molar-refractivity contribution >= 4 is 22.3 Å². The molecule has 0 radical (unpaired) electrons. The van der Waals surface area contributed by atoms with Gasteiger partial charge in [-0.15, -0.1) is 0 Å². The number of hydrogen-bond acceptors (Lipinski definition) is 5. The number of benzene rings is 1. The zero-order valence-corrected chi connectivity index (χ0v) is 16.1.